The van der Waals surface area contributed by atoms with Gasteiger partial charge in [-0.2, -0.15) is 0 Å². The van der Waals surface area contributed by atoms with Crippen LogP contribution >= 0.6 is 0 Å². The van der Waals surface area contributed by atoms with Gasteiger partial charge < -0.3 is 4.98 Å². The molecule has 1 radical (unpaired) electrons. The first-order valence-corrected chi connectivity index (χ1v) is 3.60. The average Bonchev–Trinajstić information content (AvgIpc) is 2.27. The fraction of sp³-hybridized carbons (Fsp3) is 0.222. The summed E-state index contributed by atoms with van der Waals surface area (Å²) in [6.07, 6.45) is 1.84. The number of aromatic nitrogens is 2. The highest BCUT2D eigenvalue weighted by Crippen LogP contribution is 2.12. The van der Waals surface area contributed by atoms with E-state index in [0.29, 0.717) is 0 Å². The maximum atomic E-state index is 4.17. The van der Waals surface area contributed by atoms with Crippen LogP contribution in [-0.2, 0) is 0 Å². The van der Waals surface area contributed by atoms with Crippen LogP contribution < -0.4 is 0 Å². The minimum Gasteiger partial charge on any atom is -0.358 e. The molecule has 11 heavy (non-hydrogen) atoms. The van der Waals surface area contributed by atoms with E-state index >= 15 is 0 Å². The Hall–Kier alpha value is -1.31. The normalized spacial score (nSPS) is 10.7. The third-order valence-electron chi connectivity index (χ3n) is 1.69. The van der Waals surface area contributed by atoms with Crippen molar-refractivity contribution >= 4 is 10.9 Å². The molecule has 2 heterocycles. The molecule has 0 saturated carbocycles. The Labute approximate surface area is 65.3 Å². The minimum absolute atomic E-state index is 1.03. The first-order chi connectivity index (χ1) is 5.25. The summed E-state index contributed by atoms with van der Waals surface area (Å²) in [7, 11) is 0. The van der Waals surface area contributed by atoms with Crippen LogP contribution in [0, 0.1) is 19.9 Å². The molecule has 0 aliphatic carbocycles. The van der Waals surface area contributed by atoms with Gasteiger partial charge in [-0.05, 0) is 19.9 Å². The summed E-state index contributed by atoms with van der Waals surface area (Å²) in [6.45, 7) is 3.98. The lowest BCUT2D eigenvalue weighted by molar-refractivity contribution is 1.22. The van der Waals surface area contributed by atoms with E-state index in [-0.39, 0.29) is 0 Å². The van der Waals surface area contributed by atoms with Gasteiger partial charge in [-0.25, -0.2) is 0 Å². The zero-order valence-corrected chi connectivity index (χ0v) is 6.60. The third-order valence-corrected chi connectivity index (χ3v) is 1.69. The number of aryl methyl sites for hydroxylation is 2. The van der Waals surface area contributed by atoms with Crippen LogP contribution in [0.2, 0.25) is 0 Å². The molecule has 2 rings (SSSR count). The van der Waals surface area contributed by atoms with Gasteiger partial charge in [0, 0.05) is 34.6 Å². The Balaban J connectivity index is 2.82. The van der Waals surface area contributed by atoms with Crippen molar-refractivity contribution in [3.8, 4) is 0 Å². The number of H-pyrrole nitrogens is 1. The highest BCUT2D eigenvalue weighted by Gasteiger charge is 1.96. The van der Waals surface area contributed by atoms with Crippen molar-refractivity contribution in [3.05, 3.63) is 29.7 Å². The maximum absolute atomic E-state index is 4.17. The summed E-state index contributed by atoms with van der Waals surface area (Å²) in [5.74, 6) is 0. The Morgan fingerprint density at radius 3 is 3.09 bits per heavy atom. The molecule has 1 N–H and O–H groups in total. The number of hydrogen-bond donors (Lipinski definition) is 1. The van der Waals surface area contributed by atoms with Crippen LogP contribution in [0.5, 0.6) is 0 Å². The van der Waals surface area contributed by atoms with E-state index in [2.05, 4.69) is 16.0 Å². The van der Waals surface area contributed by atoms with Crippen LogP contribution in [0.25, 0.3) is 10.9 Å². The van der Waals surface area contributed by atoms with E-state index in [4.69, 9.17) is 0 Å². The molecule has 0 amide bonds. The Bertz CT molecular complexity index is 387. The van der Waals surface area contributed by atoms with Gasteiger partial charge in [0.05, 0.1) is 0 Å². The molecular weight excluding hydrogens is 136 g/mol. The summed E-state index contributed by atoms with van der Waals surface area (Å²) in [4.78, 5) is 7.37. The van der Waals surface area contributed by atoms with Gasteiger partial charge in [0.1, 0.15) is 0 Å². The molecule has 0 spiro atoms. The van der Waals surface area contributed by atoms with Gasteiger partial charge in [0.25, 0.3) is 0 Å². The molecule has 0 saturated heterocycles. The Morgan fingerprint density at radius 2 is 2.27 bits per heavy atom. The second-order valence-electron chi connectivity index (χ2n) is 2.75. The fourth-order valence-electron chi connectivity index (χ4n) is 1.20. The standard InChI is InChI=1S/C9H9N2/c1-6-4-9-8(5-10-6)3-7(2)11-9/h4-5,11H,1-2H3. The number of aromatic amines is 1. The molecule has 0 aliphatic heterocycles. The smallest absolute Gasteiger partial charge is 0.0496 e. The summed E-state index contributed by atoms with van der Waals surface area (Å²) in [5.41, 5.74) is 3.22. The Morgan fingerprint density at radius 1 is 1.45 bits per heavy atom. The summed E-state index contributed by atoms with van der Waals surface area (Å²) in [5, 5.41) is 1.06. The van der Waals surface area contributed by atoms with Crippen molar-refractivity contribution in [1.82, 2.24) is 9.97 Å². The van der Waals surface area contributed by atoms with Crippen molar-refractivity contribution < 1.29 is 0 Å². The largest absolute Gasteiger partial charge is 0.358 e. The summed E-state index contributed by atoms with van der Waals surface area (Å²) in [6, 6.07) is 5.19. The first-order valence-electron chi connectivity index (χ1n) is 3.60. The van der Waals surface area contributed by atoms with E-state index < -0.39 is 0 Å². The van der Waals surface area contributed by atoms with Crippen molar-refractivity contribution in [2.75, 3.05) is 0 Å². The van der Waals surface area contributed by atoms with Crippen molar-refractivity contribution in [2.45, 2.75) is 13.8 Å². The van der Waals surface area contributed by atoms with Gasteiger partial charge in [-0.3, -0.25) is 4.98 Å². The fourth-order valence-corrected chi connectivity index (χ4v) is 1.20. The first kappa shape index (κ1) is 6.40. The van der Waals surface area contributed by atoms with E-state index in [1.807, 2.05) is 26.1 Å². The number of nitrogens with zero attached hydrogens (tertiary/aromatic N) is 1. The molecule has 55 valence electrons. The maximum Gasteiger partial charge on any atom is 0.0496 e. The van der Waals surface area contributed by atoms with E-state index in [1.165, 1.54) is 0 Å². The number of fused-ring (bicyclic) bond motifs is 1. The topological polar surface area (TPSA) is 28.7 Å². The molecule has 2 heteroatoms. The average molecular weight is 145 g/mol. The molecule has 0 atom stereocenters. The lowest BCUT2D eigenvalue weighted by Crippen LogP contribution is -1.77. The lowest BCUT2D eigenvalue weighted by Gasteiger charge is -1.89. The van der Waals surface area contributed by atoms with Gasteiger partial charge >= 0.3 is 0 Å². The summed E-state index contributed by atoms with van der Waals surface area (Å²) >= 11 is 0. The zero-order valence-electron chi connectivity index (χ0n) is 6.60. The van der Waals surface area contributed by atoms with Gasteiger partial charge in [0.2, 0.25) is 0 Å². The lowest BCUT2D eigenvalue weighted by atomic mass is 10.3. The second-order valence-corrected chi connectivity index (χ2v) is 2.75. The molecule has 2 aromatic heterocycles. The predicted molar refractivity (Wildman–Crippen MR) is 44.4 cm³/mol. The molecule has 0 bridgehead atoms. The van der Waals surface area contributed by atoms with Crippen LogP contribution in [-0.4, -0.2) is 9.97 Å². The molecule has 2 nitrogen and oxygen atoms in total. The highest BCUT2D eigenvalue weighted by molar-refractivity contribution is 5.78. The van der Waals surface area contributed by atoms with Crippen LogP contribution in [0.1, 0.15) is 11.4 Å². The van der Waals surface area contributed by atoms with E-state index in [9.17, 15) is 0 Å². The highest BCUT2D eigenvalue weighted by atomic mass is 14.7. The van der Waals surface area contributed by atoms with Gasteiger partial charge in [0.15, 0.2) is 0 Å². The number of rotatable bonds is 0. The molecule has 0 aromatic carbocycles. The number of nitrogens with one attached hydrogen (secondary N) is 1. The predicted octanol–water partition coefficient (Wildman–Crippen LogP) is 1.98. The summed E-state index contributed by atoms with van der Waals surface area (Å²) < 4.78 is 0. The van der Waals surface area contributed by atoms with Crippen LogP contribution in [0.3, 0.4) is 0 Å². The van der Waals surface area contributed by atoms with Crippen molar-refractivity contribution in [1.29, 1.82) is 0 Å². The minimum atomic E-state index is 1.03. The monoisotopic (exact) mass is 145 g/mol. The third kappa shape index (κ3) is 1.00. The zero-order chi connectivity index (χ0) is 7.84. The van der Waals surface area contributed by atoms with Crippen LogP contribution in [0.4, 0.5) is 0 Å². The molecule has 2 aromatic rings. The number of hydrogen-bond acceptors (Lipinski definition) is 1. The SMILES string of the molecule is Cc1cc2[nH]c(C)[c]c2cn1. The quantitative estimate of drug-likeness (QED) is 0.603. The van der Waals surface area contributed by atoms with E-state index in [1.54, 1.807) is 0 Å². The molecule has 0 fully saturated rings. The van der Waals surface area contributed by atoms with Crippen molar-refractivity contribution in [3.63, 3.8) is 0 Å². The molecule has 0 aliphatic rings. The number of pyridine rings is 1. The second kappa shape index (κ2) is 2.09. The van der Waals surface area contributed by atoms with Crippen LogP contribution in [0.15, 0.2) is 12.3 Å². The van der Waals surface area contributed by atoms with Crippen molar-refractivity contribution in [2.24, 2.45) is 0 Å². The molecular formula is C9H9N2. The Kier molecular flexibility index (Phi) is 1.22. The van der Waals surface area contributed by atoms with Gasteiger partial charge in [-0.15, -0.1) is 0 Å². The molecule has 0 unspecified atom stereocenters. The van der Waals surface area contributed by atoms with Gasteiger partial charge in [-0.1, -0.05) is 0 Å². The van der Waals surface area contributed by atoms with E-state index in [0.717, 1.165) is 22.3 Å².